The van der Waals surface area contributed by atoms with Crippen molar-refractivity contribution < 1.29 is 23.9 Å². The number of imide groups is 1. The summed E-state index contributed by atoms with van der Waals surface area (Å²) in [6, 6.07) is 0. The van der Waals surface area contributed by atoms with Crippen molar-refractivity contribution in [3.8, 4) is 0 Å². The molecule has 0 radical (unpaired) electrons. The van der Waals surface area contributed by atoms with Crippen molar-refractivity contribution in [3.05, 3.63) is 22.5 Å². The standard InChI is InChI=1S/C16H24N2O2.C7H11NO3/c1-3-13-11(2)17-14-5-4-12(16(19)15(13)14)10-18-6-8-20-9-7-18;1-4-7(2)5(9)8(3)6(10)11-7/h12,17H,3-10H2,1-2H3;4H2,1-3H3. The Morgan fingerprint density at radius 3 is 2.35 bits per heavy atom. The molecule has 8 nitrogen and oxygen atoms in total. The largest absolute Gasteiger partial charge is 0.433 e. The number of nitrogens with one attached hydrogen (secondary N) is 1. The van der Waals surface area contributed by atoms with Crippen LogP contribution in [-0.4, -0.2) is 78.1 Å². The average Bonchev–Trinajstić information content (AvgIpc) is 3.20. The summed E-state index contributed by atoms with van der Waals surface area (Å²) in [5, 5.41) is 0. The predicted octanol–water partition coefficient (Wildman–Crippen LogP) is 2.73. The highest BCUT2D eigenvalue weighted by atomic mass is 16.6. The molecular formula is C23H35N3O5. The number of amides is 2. The minimum atomic E-state index is -0.925. The maximum absolute atomic E-state index is 12.8. The molecule has 1 aliphatic carbocycles. The molecule has 1 aromatic rings. The van der Waals surface area contributed by atoms with Gasteiger partial charge in [0, 0.05) is 49.6 Å². The van der Waals surface area contributed by atoms with Gasteiger partial charge in [-0.05, 0) is 45.1 Å². The molecule has 2 amide bonds. The van der Waals surface area contributed by atoms with Crippen molar-refractivity contribution in [2.45, 2.75) is 59.0 Å². The molecule has 2 aliphatic heterocycles. The fraction of sp³-hybridized carbons (Fsp3) is 0.696. The van der Waals surface area contributed by atoms with Crippen LogP contribution >= 0.6 is 0 Å². The number of ether oxygens (including phenoxy) is 2. The zero-order valence-corrected chi connectivity index (χ0v) is 19.4. The zero-order valence-electron chi connectivity index (χ0n) is 19.4. The first kappa shape index (κ1) is 23.5. The van der Waals surface area contributed by atoms with Crippen LogP contribution in [0.3, 0.4) is 0 Å². The van der Waals surface area contributed by atoms with Crippen LogP contribution in [0.5, 0.6) is 0 Å². The highest BCUT2D eigenvalue weighted by Gasteiger charge is 2.47. The number of aryl methyl sites for hydroxylation is 2. The predicted molar refractivity (Wildman–Crippen MR) is 116 cm³/mol. The molecule has 3 heterocycles. The second-order valence-corrected chi connectivity index (χ2v) is 8.77. The molecule has 3 aliphatic rings. The van der Waals surface area contributed by atoms with Crippen LogP contribution in [0, 0.1) is 12.8 Å². The second-order valence-electron chi connectivity index (χ2n) is 8.77. The van der Waals surface area contributed by atoms with Crippen molar-refractivity contribution in [1.82, 2.24) is 14.8 Å². The molecule has 0 saturated carbocycles. The summed E-state index contributed by atoms with van der Waals surface area (Å²) in [5.41, 5.74) is 3.66. The summed E-state index contributed by atoms with van der Waals surface area (Å²) in [4.78, 5) is 41.7. The topological polar surface area (TPSA) is 91.9 Å². The molecule has 2 atom stereocenters. The Kier molecular flexibility index (Phi) is 7.21. The van der Waals surface area contributed by atoms with E-state index in [1.807, 2.05) is 6.92 Å². The van der Waals surface area contributed by atoms with Gasteiger partial charge in [0.2, 0.25) is 0 Å². The molecule has 8 heteroatoms. The number of cyclic esters (lactones) is 1. The molecule has 0 spiro atoms. The van der Waals surface area contributed by atoms with E-state index in [9.17, 15) is 14.4 Å². The van der Waals surface area contributed by atoms with Gasteiger partial charge in [-0.25, -0.2) is 9.69 Å². The second kappa shape index (κ2) is 9.53. The van der Waals surface area contributed by atoms with Crippen LogP contribution in [0.15, 0.2) is 0 Å². The van der Waals surface area contributed by atoms with Gasteiger partial charge in [-0.15, -0.1) is 0 Å². The summed E-state index contributed by atoms with van der Waals surface area (Å²) in [6.07, 6.45) is 2.89. The number of carbonyl (C=O) groups excluding carboxylic acids is 3. The molecular weight excluding hydrogens is 398 g/mol. The monoisotopic (exact) mass is 433 g/mol. The number of nitrogens with zero attached hydrogens (tertiary/aromatic N) is 2. The highest BCUT2D eigenvalue weighted by molar-refractivity contribution is 6.02. The maximum atomic E-state index is 12.8. The van der Waals surface area contributed by atoms with E-state index in [2.05, 4.69) is 23.7 Å². The van der Waals surface area contributed by atoms with Gasteiger partial charge >= 0.3 is 6.09 Å². The van der Waals surface area contributed by atoms with Gasteiger partial charge in [-0.3, -0.25) is 14.5 Å². The molecule has 4 rings (SSSR count). The van der Waals surface area contributed by atoms with E-state index < -0.39 is 11.7 Å². The number of H-pyrrole nitrogens is 1. The van der Waals surface area contributed by atoms with Crippen LogP contribution in [0.4, 0.5) is 4.79 Å². The number of Topliss-reactive ketones (excluding diaryl/α,β-unsaturated/α-hetero) is 1. The van der Waals surface area contributed by atoms with Crippen LogP contribution in [-0.2, 0) is 27.1 Å². The van der Waals surface area contributed by atoms with Crippen molar-refractivity contribution in [2.24, 2.45) is 5.92 Å². The van der Waals surface area contributed by atoms with Crippen LogP contribution in [0.2, 0.25) is 0 Å². The molecule has 172 valence electrons. The Bertz CT molecular complexity index is 843. The quantitative estimate of drug-likeness (QED) is 0.785. The van der Waals surface area contributed by atoms with Crippen LogP contribution in [0.25, 0.3) is 0 Å². The number of likely N-dealkylation sites (N-methyl/N-ethyl adjacent to an activating group) is 1. The van der Waals surface area contributed by atoms with Crippen molar-refractivity contribution in [1.29, 1.82) is 0 Å². The van der Waals surface area contributed by atoms with Crippen LogP contribution in [0.1, 0.15) is 60.9 Å². The molecule has 31 heavy (non-hydrogen) atoms. The number of aromatic nitrogens is 1. The first-order valence-corrected chi connectivity index (χ1v) is 11.3. The lowest BCUT2D eigenvalue weighted by Gasteiger charge is -2.31. The Balaban J connectivity index is 0.000000210. The lowest BCUT2D eigenvalue weighted by Crippen LogP contribution is -2.42. The van der Waals surface area contributed by atoms with E-state index in [1.165, 1.54) is 24.0 Å². The molecule has 0 bridgehead atoms. The Morgan fingerprint density at radius 1 is 1.16 bits per heavy atom. The summed E-state index contributed by atoms with van der Waals surface area (Å²) >= 11 is 0. The van der Waals surface area contributed by atoms with Gasteiger partial charge in [-0.2, -0.15) is 0 Å². The highest BCUT2D eigenvalue weighted by Crippen LogP contribution is 2.31. The van der Waals surface area contributed by atoms with Crippen molar-refractivity contribution in [2.75, 3.05) is 39.9 Å². The number of hydrogen-bond acceptors (Lipinski definition) is 6. The molecule has 0 aromatic carbocycles. The van der Waals surface area contributed by atoms with Crippen LogP contribution < -0.4 is 0 Å². The van der Waals surface area contributed by atoms with Gasteiger partial charge in [0.25, 0.3) is 5.91 Å². The lowest BCUT2D eigenvalue weighted by atomic mass is 9.83. The van der Waals surface area contributed by atoms with E-state index >= 15 is 0 Å². The first-order chi connectivity index (χ1) is 14.7. The Labute approximate surface area is 184 Å². The number of fused-ring (bicyclic) bond motifs is 1. The summed E-state index contributed by atoms with van der Waals surface area (Å²) in [6.45, 7) is 12.1. The smallest absolute Gasteiger partial charge is 0.417 e. The third-order valence-electron chi connectivity index (χ3n) is 6.71. The summed E-state index contributed by atoms with van der Waals surface area (Å²) in [7, 11) is 1.42. The minimum absolute atomic E-state index is 0.168. The molecule has 2 unspecified atom stereocenters. The van der Waals surface area contributed by atoms with E-state index in [-0.39, 0.29) is 11.8 Å². The molecule has 2 saturated heterocycles. The number of aromatic amines is 1. The lowest BCUT2D eigenvalue weighted by molar-refractivity contribution is -0.135. The normalized spacial score (nSPS) is 26.4. The third-order valence-corrected chi connectivity index (χ3v) is 6.71. The fourth-order valence-electron chi connectivity index (χ4n) is 4.55. The number of ketones is 1. The summed E-state index contributed by atoms with van der Waals surface area (Å²) < 4.78 is 10.2. The van der Waals surface area contributed by atoms with Gasteiger partial charge in [0.1, 0.15) is 0 Å². The van der Waals surface area contributed by atoms with Gasteiger partial charge in [-0.1, -0.05) is 13.8 Å². The first-order valence-electron chi connectivity index (χ1n) is 11.3. The van der Waals surface area contributed by atoms with E-state index in [0.717, 1.165) is 62.6 Å². The minimum Gasteiger partial charge on any atom is -0.433 e. The number of morpholine rings is 1. The number of rotatable bonds is 4. The molecule has 1 aromatic heterocycles. The summed E-state index contributed by atoms with van der Waals surface area (Å²) in [5.74, 6) is 0.269. The van der Waals surface area contributed by atoms with Gasteiger partial charge in [0.05, 0.1) is 13.2 Å². The number of carbonyl (C=O) groups is 3. The van der Waals surface area contributed by atoms with Gasteiger partial charge in [0.15, 0.2) is 11.4 Å². The van der Waals surface area contributed by atoms with Crippen molar-refractivity contribution in [3.63, 3.8) is 0 Å². The van der Waals surface area contributed by atoms with Crippen molar-refractivity contribution >= 4 is 17.8 Å². The SMILES string of the molecule is CCC1(C)OC(=O)N(C)C1=O.CCc1c(C)[nH]c2c1C(=O)C(CN1CCOCC1)CC2. The van der Waals surface area contributed by atoms with E-state index in [4.69, 9.17) is 9.47 Å². The Hall–Kier alpha value is -2.19. The van der Waals surface area contributed by atoms with E-state index in [1.54, 1.807) is 6.92 Å². The number of hydrogen-bond donors (Lipinski definition) is 1. The molecule has 2 fully saturated rings. The molecule has 1 N–H and O–H groups in total. The Morgan fingerprint density at radius 2 is 1.84 bits per heavy atom. The third kappa shape index (κ3) is 4.70. The fourth-order valence-corrected chi connectivity index (χ4v) is 4.55. The van der Waals surface area contributed by atoms with E-state index in [0.29, 0.717) is 12.2 Å². The maximum Gasteiger partial charge on any atom is 0.417 e. The average molecular weight is 434 g/mol. The van der Waals surface area contributed by atoms with Gasteiger partial charge < -0.3 is 14.5 Å². The zero-order chi connectivity index (χ0) is 22.8.